The number of nitrogens with zero attached hydrogens (tertiary/aromatic N) is 2. The lowest BCUT2D eigenvalue weighted by Gasteiger charge is -2.37. The molecule has 2 N–H and O–H groups in total. The summed E-state index contributed by atoms with van der Waals surface area (Å²) >= 11 is 0. The van der Waals surface area contributed by atoms with Crippen LogP contribution in [0.1, 0.15) is 24.8 Å². The van der Waals surface area contributed by atoms with Gasteiger partial charge in [-0.05, 0) is 37.3 Å². The van der Waals surface area contributed by atoms with Gasteiger partial charge in [0.25, 0.3) is 0 Å². The molecule has 128 valence electrons. The van der Waals surface area contributed by atoms with Crippen LogP contribution in [0, 0.1) is 34.8 Å². The molecule has 0 radical (unpaired) electrons. The molecular weight excluding hydrogens is 316 g/mol. The summed E-state index contributed by atoms with van der Waals surface area (Å²) in [7, 11) is 0. The zero-order valence-corrected chi connectivity index (χ0v) is 13.2. The predicted molar refractivity (Wildman–Crippen MR) is 83.1 cm³/mol. The van der Waals surface area contributed by atoms with Crippen LogP contribution in [0.2, 0.25) is 0 Å². The third-order valence-corrected chi connectivity index (χ3v) is 4.97. The van der Waals surface area contributed by atoms with Crippen LogP contribution in [0.15, 0.2) is 12.1 Å². The van der Waals surface area contributed by atoms with Crippen LogP contribution < -0.4 is 10.6 Å². The van der Waals surface area contributed by atoms with E-state index in [0.717, 1.165) is 12.1 Å². The van der Waals surface area contributed by atoms with E-state index in [2.05, 4.69) is 0 Å². The highest BCUT2D eigenvalue weighted by Gasteiger charge is 2.39. The highest BCUT2D eigenvalue weighted by Crippen LogP contribution is 2.35. The molecule has 2 aliphatic rings. The standard InChI is InChI=1S/C17H19F2N3O2/c18-13-7-10(9-20)8-14(19)15(13)22-4-1-11(2-5-22)16-12(17(21)23)3-6-24-16/h7-8,11-12,16H,1-6H2,(H2,21,23)/t12-,16+/m0/s1. The van der Waals surface area contributed by atoms with Gasteiger partial charge in [0.2, 0.25) is 5.91 Å². The Hall–Kier alpha value is -2.20. The number of halogens is 2. The number of nitriles is 1. The summed E-state index contributed by atoms with van der Waals surface area (Å²) in [6.07, 6.45) is 1.79. The van der Waals surface area contributed by atoms with E-state index in [1.165, 1.54) is 0 Å². The SMILES string of the molecule is N#Cc1cc(F)c(N2CCC([C@H]3OCC[C@@H]3C(N)=O)CC2)c(F)c1. The smallest absolute Gasteiger partial charge is 0.223 e. The van der Waals surface area contributed by atoms with E-state index in [4.69, 9.17) is 15.7 Å². The highest BCUT2D eigenvalue weighted by atomic mass is 19.1. The molecule has 2 saturated heterocycles. The average molecular weight is 335 g/mol. The monoisotopic (exact) mass is 335 g/mol. The summed E-state index contributed by atoms with van der Waals surface area (Å²) in [5.41, 5.74) is 5.30. The number of nitrogens with two attached hydrogens (primary N) is 1. The molecule has 24 heavy (non-hydrogen) atoms. The van der Waals surface area contributed by atoms with Crippen molar-refractivity contribution < 1.29 is 18.3 Å². The minimum absolute atomic E-state index is 0.0349. The quantitative estimate of drug-likeness (QED) is 0.915. The van der Waals surface area contributed by atoms with Crippen LogP contribution in [0.3, 0.4) is 0 Å². The molecule has 2 fully saturated rings. The maximum Gasteiger partial charge on any atom is 0.223 e. The number of benzene rings is 1. The highest BCUT2D eigenvalue weighted by molar-refractivity contribution is 5.77. The Morgan fingerprint density at radius 1 is 1.25 bits per heavy atom. The molecule has 7 heteroatoms. The van der Waals surface area contributed by atoms with Gasteiger partial charge in [-0.1, -0.05) is 0 Å². The van der Waals surface area contributed by atoms with Gasteiger partial charge in [-0.3, -0.25) is 4.79 Å². The Morgan fingerprint density at radius 3 is 2.42 bits per heavy atom. The van der Waals surface area contributed by atoms with Crippen molar-refractivity contribution >= 4 is 11.6 Å². The second kappa shape index (κ2) is 6.73. The van der Waals surface area contributed by atoms with Gasteiger partial charge in [0, 0.05) is 19.7 Å². The van der Waals surface area contributed by atoms with Crippen molar-refractivity contribution in [3.05, 3.63) is 29.3 Å². The van der Waals surface area contributed by atoms with Gasteiger partial charge in [0.15, 0.2) is 11.6 Å². The van der Waals surface area contributed by atoms with E-state index in [9.17, 15) is 13.6 Å². The number of piperidine rings is 1. The average Bonchev–Trinajstić information content (AvgIpc) is 3.04. The molecule has 2 aliphatic heterocycles. The fourth-order valence-corrected chi connectivity index (χ4v) is 3.76. The predicted octanol–water partition coefficient (Wildman–Crippen LogP) is 1.94. The van der Waals surface area contributed by atoms with Crippen LogP contribution in [0.5, 0.6) is 0 Å². The molecule has 0 aliphatic carbocycles. The van der Waals surface area contributed by atoms with Gasteiger partial charge < -0.3 is 15.4 Å². The number of carbonyl (C=O) groups is 1. The minimum atomic E-state index is -0.725. The Morgan fingerprint density at radius 2 is 1.88 bits per heavy atom. The Labute approximate surface area is 139 Å². The third kappa shape index (κ3) is 3.06. The van der Waals surface area contributed by atoms with Crippen LogP contribution in [-0.4, -0.2) is 31.7 Å². The van der Waals surface area contributed by atoms with Crippen molar-refractivity contribution in [1.29, 1.82) is 5.26 Å². The van der Waals surface area contributed by atoms with Crippen molar-refractivity contribution in [3.8, 4) is 6.07 Å². The molecule has 0 unspecified atom stereocenters. The molecule has 1 amide bonds. The summed E-state index contributed by atoms with van der Waals surface area (Å²) in [4.78, 5) is 13.1. The first-order valence-corrected chi connectivity index (χ1v) is 8.06. The number of ether oxygens (including phenoxy) is 1. The molecule has 0 aromatic heterocycles. The van der Waals surface area contributed by atoms with Crippen molar-refractivity contribution in [2.24, 2.45) is 17.6 Å². The fourth-order valence-electron chi connectivity index (χ4n) is 3.76. The lowest BCUT2D eigenvalue weighted by atomic mass is 9.84. The molecule has 2 atom stereocenters. The molecule has 3 rings (SSSR count). The Balaban J connectivity index is 1.70. The summed E-state index contributed by atoms with van der Waals surface area (Å²) < 4.78 is 33.9. The Kier molecular flexibility index (Phi) is 4.67. The summed E-state index contributed by atoms with van der Waals surface area (Å²) in [6, 6.07) is 3.84. The second-order valence-electron chi connectivity index (χ2n) is 6.36. The molecular formula is C17H19F2N3O2. The zero-order chi connectivity index (χ0) is 17.3. The summed E-state index contributed by atoms with van der Waals surface area (Å²) in [6.45, 7) is 1.46. The normalized spacial score (nSPS) is 24.8. The summed E-state index contributed by atoms with van der Waals surface area (Å²) in [5, 5.41) is 8.76. The largest absolute Gasteiger partial charge is 0.377 e. The number of rotatable bonds is 3. The van der Waals surface area contributed by atoms with E-state index in [1.807, 2.05) is 0 Å². The van der Waals surface area contributed by atoms with Crippen molar-refractivity contribution in [3.63, 3.8) is 0 Å². The van der Waals surface area contributed by atoms with Gasteiger partial charge in [-0.15, -0.1) is 0 Å². The molecule has 1 aromatic carbocycles. The number of primary amides is 1. The molecule has 0 saturated carbocycles. The van der Waals surface area contributed by atoms with Gasteiger partial charge in [-0.2, -0.15) is 5.26 Å². The minimum Gasteiger partial charge on any atom is -0.377 e. The van der Waals surface area contributed by atoms with Crippen LogP contribution in [0.25, 0.3) is 0 Å². The lowest BCUT2D eigenvalue weighted by Crippen LogP contribution is -2.42. The fraction of sp³-hybridized carbons (Fsp3) is 0.529. The topological polar surface area (TPSA) is 79.3 Å². The molecule has 0 spiro atoms. The maximum absolute atomic E-state index is 14.1. The first-order valence-electron chi connectivity index (χ1n) is 8.06. The number of anilines is 1. The lowest BCUT2D eigenvalue weighted by molar-refractivity contribution is -0.124. The Bertz CT molecular complexity index is 658. The number of carbonyl (C=O) groups excluding carboxylic acids is 1. The van der Waals surface area contributed by atoms with Crippen LogP contribution >= 0.6 is 0 Å². The van der Waals surface area contributed by atoms with E-state index in [1.54, 1.807) is 11.0 Å². The molecule has 5 nitrogen and oxygen atoms in total. The van der Waals surface area contributed by atoms with Gasteiger partial charge in [0.05, 0.1) is 23.7 Å². The molecule has 0 bridgehead atoms. The van der Waals surface area contributed by atoms with Crippen molar-refractivity contribution in [2.45, 2.75) is 25.4 Å². The number of amides is 1. The van der Waals surface area contributed by atoms with Crippen molar-refractivity contribution in [2.75, 3.05) is 24.6 Å². The maximum atomic E-state index is 14.1. The summed E-state index contributed by atoms with van der Waals surface area (Å²) in [5.74, 6) is -1.91. The number of hydrogen-bond donors (Lipinski definition) is 1. The van der Waals surface area contributed by atoms with Gasteiger partial charge in [0.1, 0.15) is 5.69 Å². The third-order valence-electron chi connectivity index (χ3n) is 4.97. The zero-order valence-electron chi connectivity index (χ0n) is 13.2. The second-order valence-corrected chi connectivity index (χ2v) is 6.36. The van der Waals surface area contributed by atoms with E-state index >= 15 is 0 Å². The van der Waals surface area contributed by atoms with Crippen LogP contribution in [0.4, 0.5) is 14.5 Å². The van der Waals surface area contributed by atoms with Crippen molar-refractivity contribution in [1.82, 2.24) is 0 Å². The van der Waals surface area contributed by atoms with E-state index in [-0.39, 0.29) is 35.1 Å². The molecule has 2 heterocycles. The van der Waals surface area contributed by atoms with Gasteiger partial charge in [-0.25, -0.2) is 8.78 Å². The first kappa shape index (κ1) is 16.7. The van der Waals surface area contributed by atoms with Crippen LogP contribution in [-0.2, 0) is 9.53 Å². The van der Waals surface area contributed by atoms with E-state index < -0.39 is 11.6 Å². The van der Waals surface area contributed by atoms with Gasteiger partial charge >= 0.3 is 0 Å². The first-order chi connectivity index (χ1) is 11.5. The van der Waals surface area contributed by atoms with E-state index in [0.29, 0.717) is 39.0 Å². The number of hydrogen-bond acceptors (Lipinski definition) is 4. The molecule has 1 aromatic rings.